The largest absolute Gasteiger partial charge is 0.350 e. The summed E-state index contributed by atoms with van der Waals surface area (Å²) in [6.07, 6.45) is 1.06. The van der Waals surface area contributed by atoms with Gasteiger partial charge in [0.15, 0.2) is 0 Å². The van der Waals surface area contributed by atoms with Crippen LogP contribution < -0.4 is 9.62 Å². The van der Waals surface area contributed by atoms with E-state index in [1.807, 2.05) is 6.92 Å². The van der Waals surface area contributed by atoms with Crippen LogP contribution in [0.15, 0.2) is 12.1 Å². The number of nitrogens with zero attached hydrogens (tertiary/aromatic N) is 3. The van der Waals surface area contributed by atoms with Gasteiger partial charge in [0.1, 0.15) is 11.0 Å². The molecule has 1 amide bonds. The number of amides is 1. The van der Waals surface area contributed by atoms with Crippen LogP contribution in [-0.2, 0) is 10.0 Å². The maximum absolute atomic E-state index is 12.3. The van der Waals surface area contributed by atoms with Gasteiger partial charge in [0.25, 0.3) is 5.91 Å². The Morgan fingerprint density at radius 2 is 1.92 bits per heavy atom. The minimum absolute atomic E-state index is 0.0601. The van der Waals surface area contributed by atoms with Crippen molar-refractivity contribution in [2.45, 2.75) is 26.8 Å². The summed E-state index contributed by atoms with van der Waals surface area (Å²) in [4.78, 5) is 18.5. The first-order chi connectivity index (χ1) is 11.1. The minimum atomic E-state index is -3.49. The highest BCUT2D eigenvalue weighted by molar-refractivity contribution is 7.92. The molecule has 0 bridgehead atoms. The zero-order valence-electron chi connectivity index (χ0n) is 14.7. The standard InChI is InChI=1S/C15H25ClN4O3S/c1-6-20(7-2)11(3)10-17-15(21)12-8-13(16)18-14(9-12)19(4)24(5,22)23/h8-9,11H,6-7,10H2,1-5H3,(H,17,21)/t11-/m0/s1. The fourth-order valence-electron chi connectivity index (χ4n) is 2.26. The monoisotopic (exact) mass is 376 g/mol. The molecule has 0 unspecified atom stereocenters. The third-order valence-corrected chi connectivity index (χ3v) is 5.23. The number of pyridine rings is 1. The van der Waals surface area contributed by atoms with E-state index in [1.54, 1.807) is 0 Å². The van der Waals surface area contributed by atoms with Crippen molar-refractivity contribution < 1.29 is 13.2 Å². The Bertz CT molecular complexity index is 677. The smallest absolute Gasteiger partial charge is 0.251 e. The molecule has 0 spiro atoms. The van der Waals surface area contributed by atoms with Crippen molar-refractivity contribution >= 4 is 33.3 Å². The summed E-state index contributed by atoms with van der Waals surface area (Å²) in [5, 5.41) is 2.91. The molecular formula is C15H25ClN4O3S. The molecule has 0 radical (unpaired) electrons. The molecule has 136 valence electrons. The lowest BCUT2D eigenvalue weighted by molar-refractivity contribution is 0.0938. The molecule has 0 aliphatic heterocycles. The zero-order valence-corrected chi connectivity index (χ0v) is 16.3. The van der Waals surface area contributed by atoms with Crippen molar-refractivity contribution in [3.8, 4) is 0 Å². The van der Waals surface area contributed by atoms with Crippen molar-refractivity contribution in [2.24, 2.45) is 0 Å². The Hall–Kier alpha value is -1.38. The lowest BCUT2D eigenvalue weighted by Crippen LogP contribution is -2.42. The number of halogens is 1. The third-order valence-electron chi connectivity index (χ3n) is 3.86. The molecule has 1 N–H and O–H groups in total. The molecule has 7 nitrogen and oxygen atoms in total. The maximum Gasteiger partial charge on any atom is 0.251 e. The van der Waals surface area contributed by atoms with E-state index in [1.165, 1.54) is 19.2 Å². The van der Waals surface area contributed by atoms with Gasteiger partial charge in [-0.15, -0.1) is 0 Å². The van der Waals surface area contributed by atoms with E-state index >= 15 is 0 Å². The second kappa shape index (κ2) is 8.64. The van der Waals surface area contributed by atoms with E-state index < -0.39 is 10.0 Å². The Morgan fingerprint density at radius 1 is 1.33 bits per heavy atom. The van der Waals surface area contributed by atoms with Gasteiger partial charge in [-0.2, -0.15) is 0 Å². The molecular weight excluding hydrogens is 352 g/mol. The Labute approximate surface area is 149 Å². The van der Waals surface area contributed by atoms with Gasteiger partial charge in [-0.25, -0.2) is 13.4 Å². The van der Waals surface area contributed by atoms with Gasteiger partial charge in [0, 0.05) is 25.2 Å². The molecule has 1 heterocycles. The summed E-state index contributed by atoms with van der Waals surface area (Å²) < 4.78 is 24.2. The fourth-order valence-corrected chi connectivity index (χ4v) is 2.90. The molecule has 0 saturated heterocycles. The molecule has 1 aromatic rings. The highest BCUT2D eigenvalue weighted by atomic mass is 35.5. The summed E-state index contributed by atoms with van der Waals surface area (Å²) in [5.41, 5.74) is 0.271. The average Bonchev–Trinajstić information content (AvgIpc) is 2.51. The van der Waals surface area contributed by atoms with Gasteiger partial charge < -0.3 is 5.32 Å². The van der Waals surface area contributed by atoms with E-state index in [-0.39, 0.29) is 28.5 Å². The topological polar surface area (TPSA) is 82.6 Å². The summed E-state index contributed by atoms with van der Waals surface area (Å²) in [5.74, 6) is -0.214. The Kier molecular flexibility index (Phi) is 7.44. The molecule has 0 aliphatic rings. The highest BCUT2D eigenvalue weighted by Crippen LogP contribution is 2.19. The number of aromatic nitrogens is 1. The third kappa shape index (κ3) is 5.61. The van der Waals surface area contributed by atoms with Gasteiger partial charge in [-0.05, 0) is 32.1 Å². The first kappa shape index (κ1) is 20.7. The number of sulfonamides is 1. The summed E-state index contributed by atoms with van der Waals surface area (Å²) >= 11 is 5.93. The van der Waals surface area contributed by atoms with Crippen molar-refractivity contribution in [1.29, 1.82) is 0 Å². The number of hydrogen-bond acceptors (Lipinski definition) is 5. The number of hydrogen-bond donors (Lipinski definition) is 1. The molecule has 0 aromatic carbocycles. The van der Waals surface area contributed by atoms with Crippen LogP contribution in [0.4, 0.5) is 5.82 Å². The van der Waals surface area contributed by atoms with Crippen LogP contribution in [-0.4, -0.2) is 63.2 Å². The Morgan fingerprint density at radius 3 is 2.42 bits per heavy atom. The van der Waals surface area contributed by atoms with Crippen molar-refractivity contribution in [3.63, 3.8) is 0 Å². The number of rotatable bonds is 8. The van der Waals surface area contributed by atoms with E-state index in [0.717, 1.165) is 23.7 Å². The van der Waals surface area contributed by atoms with Crippen LogP contribution in [0.2, 0.25) is 5.15 Å². The number of anilines is 1. The second-order valence-electron chi connectivity index (χ2n) is 5.55. The molecule has 1 rings (SSSR count). The quantitative estimate of drug-likeness (QED) is 0.696. The number of carbonyl (C=O) groups is 1. The van der Waals surface area contributed by atoms with Gasteiger partial charge in [-0.1, -0.05) is 25.4 Å². The second-order valence-corrected chi connectivity index (χ2v) is 7.95. The zero-order chi connectivity index (χ0) is 18.5. The molecule has 1 aromatic heterocycles. The van der Waals surface area contributed by atoms with E-state index in [9.17, 15) is 13.2 Å². The van der Waals surface area contributed by atoms with E-state index in [4.69, 9.17) is 11.6 Å². The lowest BCUT2D eigenvalue weighted by Gasteiger charge is -2.26. The molecule has 0 saturated carbocycles. The fraction of sp³-hybridized carbons (Fsp3) is 0.600. The number of likely N-dealkylation sites (N-methyl/N-ethyl adjacent to an activating group) is 1. The van der Waals surface area contributed by atoms with Crippen molar-refractivity contribution in [1.82, 2.24) is 15.2 Å². The van der Waals surface area contributed by atoms with Gasteiger partial charge in [0.05, 0.1) is 6.26 Å². The van der Waals surface area contributed by atoms with Crippen LogP contribution in [0.3, 0.4) is 0 Å². The van der Waals surface area contributed by atoms with Crippen molar-refractivity contribution in [3.05, 3.63) is 22.8 Å². The van der Waals surface area contributed by atoms with Gasteiger partial charge >= 0.3 is 0 Å². The van der Waals surface area contributed by atoms with Crippen molar-refractivity contribution in [2.75, 3.05) is 37.2 Å². The molecule has 1 atom stereocenters. The van der Waals surface area contributed by atoms with Gasteiger partial charge in [0.2, 0.25) is 10.0 Å². The highest BCUT2D eigenvalue weighted by Gasteiger charge is 2.18. The first-order valence-corrected chi connectivity index (χ1v) is 9.96. The SMILES string of the molecule is CCN(CC)[C@@H](C)CNC(=O)c1cc(Cl)nc(N(C)S(C)(=O)=O)c1. The normalized spacial score (nSPS) is 13.0. The van der Waals surface area contributed by atoms with Crippen LogP contribution in [0, 0.1) is 0 Å². The number of carbonyl (C=O) groups excluding carboxylic acids is 1. The van der Waals surface area contributed by atoms with E-state index in [0.29, 0.717) is 6.54 Å². The van der Waals surface area contributed by atoms with Crippen LogP contribution in [0.1, 0.15) is 31.1 Å². The minimum Gasteiger partial charge on any atom is -0.350 e. The molecule has 9 heteroatoms. The first-order valence-electron chi connectivity index (χ1n) is 7.73. The summed E-state index contributed by atoms with van der Waals surface area (Å²) in [6, 6.07) is 3.02. The molecule has 24 heavy (non-hydrogen) atoms. The number of nitrogens with one attached hydrogen (secondary N) is 1. The summed E-state index contributed by atoms with van der Waals surface area (Å²) in [6.45, 7) is 8.46. The molecule has 0 aliphatic carbocycles. The predicted molar refractivity (Wildman–Crippen MR) is 97.2 cm³/mol. The van der Waals surface area contributed by atoms with E-state index in [2.05, 4.69) is 29.0 Å². The summed E-state index contributed by atoms with van der Waals surface area (Å²) in [7, 11) is -2.13. The molecule has 0 fully saturated rings. The predicted octanol–water partition coefficient (Wildman–Crippen LogP) is 1.59. The van der Waals surface area contributed by atoms with Crippen LogP contribution in [0.5, 0.6) is 0 Å². The van der Waals surface area contributed by atoms with Crippen LogP contribution >= 0.6 is 11.6 Å². The Balaban J connectivity index is 2.90. The lowest BCUT2D eigenvalue weighted by atomic mass is 10.2. The van der Waals surface area contributed by atoms with Gasteiger partial charge in [-0.3, -0.25) is 14.0 Å². The van der Waals surface area contributed by atoms with Crippen LogP contribution in [0.25, 0.3) is 0 Å². The maximum atomic E-state index is 12.3. The average molecular weight is 377 g/mol.